The van der Waals surface area contributed by atoms with Gasteiger partial charge in [-0.05, 0) is 44.4 Å². The van der Waals surface area contributed by atoms with Crippen LogP contribution in [0.15, 0.2) is 24.3 Å². The van der Waals surface area contributed by atoms with E-state index in [9.17, 15) is 4.79 Å². The predicted molar refractivity (Wildman–Crippen MR) is 85.4 cm³/mol. The van der Waals surface area contributed by atoms with E-state index in [0.29, 0.717) is 6.42 Å². The second-order valence-electron chi connectivity index (χ2n) is 5.83. The molecule has 2 N–H and O–H groups in total. The number of rotatable bonds is 7. The molecule has 1 aliphatic rings. The SMILES string of the molecule is CCNC(C)c1ccccc1NC(=O)CC1(OC)CCC1. The van der Waals surface area contributed by atoms with Crippen LogP contribution >= 0.6 is 0 Å². The lowest BCUT2D eigenvalue weighted by Gasteiger charge is -2.40. The third kappa shape index (κ3) is 3.83. The smallest absolute Gasteiger partial charge is 0.227 e. The van der Waals surface area contributed by atoms with Crippen molar-refractivity contribution in [2.75, 3.05) is 19.0 Å². The maximum absolute atomic E-state index is 12.3. The minimum atomic E-state index is -0.230. The number of para-hydroxylation sites is 1. The zero-order chi connectivity index (χ0) is 15.3. The minimum absolute atomic E-state index is 0.0349. The molecule has 0 saturated heterocycles. The molecule has 1 amide bonds. The number of methoxy groups -OCH3 is 1. The Hall–Kier alpha value is -1.39. The number of nitrogens with one attached hydrogen (secondary N) is 2. The van der Waals surface area contributed by atoms with Crippen molar-refractivity contribution >= 4 is 11.6 Å². The summed E-state index contributed by atoms with van der Waals surface area (Å²) in [7, 11) is 1.70. The Bertz CT molecular complexity index is 478. The van der Waals surface area contributed by atoms with Crippen molar-refractivity contribution < 1.29 is 9.53 Å². The molecular formula is C17H26N2O2. The quantitative estimate of drug-likeness (QED) is 0.810. The van der Waals surface area contributed by atoms with E-state index in [1.807, 2.05) is 18.2 Å². The molecule has 1 atom stereocenters. The average molecular weight is 290 g/mol. The van der Waals surface area contributed by atoms with Crippen LogP contribution in [0.5, 0.6) is 0 Å². The molecule has 1 fully saturated rings. The van der Waals surface area contributed by atoms with E-state index in [4.69, 9.17) is 4.74 Å². The Morgan fingerprint density at radius 2 is 2.10 bits per heavy atom. The van der Waals surface area contributed by atoms with E-state index in [-0.39, 0.29) is 17.6 Å². The molecule has 2 rings (SSSR count). The summed E-state index contributed by atoms with van der Waals surface area (Å²) in [6.07, 6.45) is 3.54. The van der Waals surface area contributed by atoms with Crippen molar-refractivity contribution in [2.45, 2.75) is 51.2 Å². The van der Waals surface area contributed by atoms with Gasteiger partial charge in [0.05, 0.1) is 12.0 Å². The van der Waals surface area contributed by atoms with Crippen molar-refractivity contribution in [3.63, 3.8) is 0 Å². The lowest BCUT2D eigenvalue weighted by atomic mass is 9.77. The zero-order valence-electron chi connectivity index (χ0n) is 13.2. The number of anilines is 1. The standard InChI is InChI=1S/C17H26N2O2/c1-4-18-13(2)14-8-5-6-9-15(14)19-16(20)12-17(21-3)10-7-11-17/h5-6,8-9,13,18H,4,7,10-12H2,1-3H3,(H,19,20). The van der Waals surface area contributed by atoms with Gasteiger partial charge >= 0.3 is 0 Å². The molecule has 4 nitrogen and oxygen atoms in total. The molecule has 116 valence electrons. The molecule has 1 aliphatic carbocycles. The van der Waals surface area contributed by atoms with Gasteiger partial charge in [-0.25, -0.2) is 0 Å². The summed E-state index contributed by atoms with van der Waals surface area (Å²) in [5, 5.41) is 6.43. The van der Waals surface area contributed by atoms with Crippen LogP contribution < -0.4 is 10.6 Å². The first-order chi connectivity index (χ1) is 10.1. The van der Waals surface area contributed by atoms with Crippen molar-refractivity contribution in [1.82, 2.24) is 5.32 Å². The Morgan fingerprint density at radius 1 is 1.38 bits per heavy atom. The van der Waals surface area contributed by atoms with Gasteiger partial charge in [0.15, 0.2) is 0 Å². The Balaban J connectivity index is 2.03. The molecule has 0 aromatic heterocycles. The van der Waals surface area contributed by atoms with Crippen molar-refractivity contribution in [3.05, 3.63) is 29.8 Å². The largest absolute Gasteiger partial charge is 0.378 e. The first-order valence-electron chi connectivity index (χ1n) is 7.77. The van der Waals surface area contributed by atoms with Crippen LogP contribution in [0.4, 0.5) is 5.69 Å². The topological polar surface area (TPSA) is 50.4 Å². The minimum Gasteiger partial charge on any atom is -0.378 e. The molecule has 21 heavy (non-hydrogen) atoms. The van der Waals surface area contributed by atoms with Gasteiger partial charge in [-0.1, -0.05) is 25.1 Å². The van der Waals surface area contributed by atoms with Crippen LogP contribution in [-0.4, -0.2) is 25.2 Å². The first-order valence-corrected chi connectivity index (χ1v) is 7.77. The van der Waals surface area contributed by atoms with Gasteiger partial charge in [0.2, 0.25) is 5.91 Å². The first kappa shape index (κ1) is 16.0. The van der Waals surface area contributed by atoms with Crippen LogP contribution in [0, 0.1) is 0 Å². The molecule has 0 aliphatic heterocycles. The van der Waals surface area contributed by atoms with Gasteiger partial charge in [-0.15, -0.1) is 0 Å². The van der Waals surface area contributed by atoms with Gasteiger partial charge in [0, 0.05) is 18.8 Å². The number of hydrogen-bond donors (Lipinski definition) is 2. The van der Waals surface area contributed by atoms with Gasteiger partial charge in [0.25, 0.3) is 0 Å². The Morgan fingerprint density at radius 3 is 2.67 bits per heavy atom. The monoisotopic (exact) mass is 290 g/mol. The van der Waals surface area contributed by atoms with Gasteiger partial charge < -0.3 is 15.4 Å². The zero-order valence-corrected chi connectivity index (χ0v) is 13.2. The molecule has 1 aromatic carbocycles. The summed E-state index contributed by atoms with van der Waals surface area (Å²) < 4.78 is 5.53. The highest BCUT2D eigenvalue weighted by molar-refractivity contribution is 5.92. The van der Waals surface area contributed by atoms with Gasteiger partial charge in [-0.3, -0.25) is 4.79 Å². The molecular weight excluding hydrogens is 264 g/mol. The molecule has 1 aromatic rings. The van der Waals surface area contributed by atoms with Crippen molar-refractivity contribution in [3.8, 4) is 0 Å². The summed E-state index contributed by atoms with van der Waals surface area (Å²) >= 11 is 0. The number of amides is 1. The lowest BCUT2D eigenvalue weighted by Crippen LogP contribution is -2.42. The normalized spacial score (nSPS) is 17.9. The maximum atomic E-state index is 12.3. The summed E-state index contributed by atoms with van der Waals surface area (Å²) in [5.74, 6) is 0.0349. The van der Waals surface area contributed by atoms with Crippen LogP contribution in [0.2, 0.25) is 0 Å². The Kier molecular flexibility index (Phi) is 5.37. The third-order valence-corrected chi connectivity index (χ3v) is 4.39. The Labute approximate surface area is 127 Å². The molecule has 4 heteroatoms. The molecule has 0 spiro atoms. The summed E-state index contributed by atoms with van der Waals surface area (Å²) in [5.41, 5.74) is 1.78. The fourth-order valence-electron chi connectivity index (χ4n) is 2.92. The molecule has 0 heterocycles. The number of carbonyl (C=O) groups is 1. The summed E-state index contributed by atoms with van der Waals surface area (Å²) in [6.45, 7) is 5.09. The lowest BCUT2D eigenvalue weighted by molar-refractivity contribution is -0.129. The molecule has 1 saturated carbocycles. The molecule has 1 unspecified atom stereocenters. The fraction of sp³-hybridized carbons (Fsp3) is 0.588. The maximum Gasteiger partial charge on any atom is 0.227 e. The van der Waals surface area contributed by atoms with E-state index in [0.717, 1.165) is 37.1 Å². The predicted octanol–water partition coefficient (Wildman–Crippen LogP) is 3.25. The summed E-state index contributed by atoms with van der Waals surface area (Å²) in [4.78, 5) is 12.3. The van der Waals surface area contributed by atoms with Crippen molar-refractivity contribution in [1.29, 1.82) is 0 Å². The highest BCUT2D eigenvalue weighted by Gasteiger charge is 2.39. The summed E-state index contributed by atoms with van der Waals surface area (Å²) in [6, 6.07) is 8.18. The molecule has 0 bridgehead atoms. The van der Waals surface area contributed by atoms with Crippen molar-refractivity contribution in [2.24, 2.45) is 0 Å². The van der Waals surface area contributed by atoms with E-state index in [1.54, 1.807) is 7.11 Å². The highest BCUT2D eigenvalue weighted by atomic mass is 16.5. The van der Waals surface area contributed by atoms with Crippen LogP contribution in [0.3, 0.4) is 0 Å². The van der Waals surface area contributed by atoms with Crippen LogP contribution in [0.25, 0.3) is 0 Å². The number of hydrogen-bond acceptors (Lipinski definition) is 3. The molecule has 0 radical (unpaired) electrons. The van der Waals surface area contributed by atoms with Gasteiger partial charge in [-0.2, -0.15) is 0 Å². The van der Waals surface area contributed by atoms with E-state index >= 15 is 0 Å². The highest BCUT2D eigenvalue weighted by Crippen LogP contribution is 2.38. The third-order valence-electron chi connectivity index (χ3n) is 4.39. The number of carbonyl (C=O) groups excluding carboxylic acids is 1. The van der Waals surface area contributed by atoms with E-state index in [2.05, 4.69) is 30.5 Å². The van der Waals surface area contributed by atoms with E-state index in [1.165, 1.54) is 0 Å². The average Bonchev–Trinajstić information content (AvgIpc) is 2.43. The number of benzene rings is 1. The van der Waals surface area contributed by atoms with E-state index < -0.39 is 0 Å². The van der Waals surface area contributed by atoms with Crippen LogP contribution in [-0.2, 0) is 9.53 Å². The van der Waals surface area contributed by atoms with Crippen LogP contribution in [0.1, 0.15) is 51.1 Å². The second kappa shape index (κ2) is 7.05. The number of ether oxygens (including phenoxy) is 1. The fourth-order valence-corrected chi connectivity index (χ4v) is 2.92. The second-order valence-corrected chi connectivity index (χ2v) is 5.83. The van der Waals surface area contributed by atoms with Gasteiger partial charge in [0.1, 0.15) is 0 Å².